The van der Waals surface area contributed by atoms with Crippen molar-refractivity contribution in [3.8, 4) is 5.75 Å². The number of nitrogens with zero attached hydrogens (tertiary/aromatic N) is 1. The number of ether oxygens (including phenoxy) is 2. The fraction of sp³-hybridized carbons (Fsp3) is 0.455. The minimum atomic E-state index is -5.09. The van der Waals surface area contributed by atoms with Crippen molar-refractivity contribution in [2.24, 2.45) is 0 Å². The summed E-state index contributed by atoms with van der Waals surface area (Å²) in [6, 6.07) is 0. The van der Waals surface area contributed by atoms with E-state index in [1.54, 1.807) is 0 Å². The molecule has 0 atom stereocenters. The Hall–Kier alpha value is -1.45. The number of esters is 1. The summed E-state index contributed by atoms with van der Waals surface area (Å²) in [5, 5.41) is -0.347. The number of halogens is 6. The summed E-state index contributed by atoms with van der Waals surface area (Å²) in [4.78, 5) is 14.6. The summed E-state index contributed by atoms with van der Waals surface area (Å²) in [5.41, 5.74) is -1.61. The Balaban J connectivity index is 3.39. The Morgan fingerprint density at radius 3 is 2.48 bits per heavy atom. The highest BCUT2D eigenvalue weighted by atomic mass is 79.9. The molecule has 0 aliphatic rings. The first-order valence-electron chi connectivity index (χ1n) is 5.37. The lowest BCUT2D eigenvalue weighted by Crippen LogP contribution is -2.21. The van der Waals surface area contributed by atoms with Crippen LogP contribution < -0.4 is 4.74 Å². The van der Waals surface area contributed by atoms with Gasteiger partial charge in [-0.2, -0.15) is 0 Å². The monoisotopic (exact) mass is 377 g/mol. The number of hydrogen-bond acceptors (Lipinski definition) is 4. The SMILES string of the molecule is COC(=O)Cc1cnc(C(F)F)c(CBr)c1OC(F)(F)F. The predicted octanol–water partition coefficient (Wildman–Crippen LogP) is 3.53. The molecule has 21 heavy (non-hydrogen) atoms. The molecule has 1 aromatic rings. The molecule has 0 amide bonds. The van der Waals surface area contributed by atoms with Gasteiger partial charge in [0.2, 0.25) is 0 Å². The molecule has 0 N–H and O–H groups in total. The third-order valence-electron chi connectivity index (χ3n) is 2.35. The van der Waals surface area contributed by atoms with E-state index in [-0.39, 0.29) is 10.9 Å². The Morgan fingerprint density at radius 1 is 1.43 bits per heavy atom. The number of aromatic nitrogens is 1. The molecule has 0 saturated heterocycles. The largest absolute Gasteiger partial charge is 0.573 e. The fourth-order valence-electron chi connectivity index (χ4n) is 1.51. The van der Waals surface area contributed by atoms with Crippen molar-refractivity contribution in [2.45, 2.75) is 24.5 Å². The summed E-state index contributed by atoms with van der Waals surface area (Å²) in [7, 11) is 1.04. The number of carbonyl (C=O) groups excluding carboxylic acids is 1. The van der Waals surface area contributed by atoms with Gasteiger partial charge in [0.1, 0.15) is 11.4 Å². The van der Waals surface area contributed by atoms with Crippen molar-refractivity contribution >= 4 is 21.9 Å². The first kappa shape index (κ1) is 17.6. The van der Waals surface area contributed by atoms with E-state index in [0.717, 1.165) is 13.3 Å². The molecule has 1 aromatic heterocycles. The number of carbonyl (C=O) groups is 1. The van der Waals surface area contributed by atoms with Crippen LogP contribution in [0.5, 0.6) is 5.75 Å². The van der Waals surface area contributed by atoms with E-state index >= 15 is 0 Å². The molecule has 0 bridgehead atoms. The van der Waals surface area contributed by atoms with Crippen LogP contribution in [-0.4, -0.2) is 24.4 Å². The Bertz CT molecular complexity index is 521. The molecule has 0 aliphatic heterocycles. The Labute approximate surface area is 124 Å². The van der Waals surface area contributed by atoms with Crippen LogP contribution in [0.3, 0.4) is 0 Å². The second-order valence-corrected chi connectivity index (χ2v) is 4.27. The lowest BCUT2D eigenvalue weighted by molar-refractivity contribution is -0.275. The van der Waals surface area contributed by atoms with Crippen LogP contribution in [0.4, 0.5) is 22.0 Å². The van der Waals surface area contributed by atoms with E-state index in [9.17, 15) is 26.7 Å². The molecule has 0 unspecified atom stereocenters. The maximum Gasteiger partial charge on any atom is 0.573 e. The highest BCUT2D eigenvalue weighted by molar-refractivity contribution is 9.08. The third kappa shape index (κ3) is 4.80. The molecule has 0 fully saturated rings. The normalized spacial score (nSPS) is 11.6. The highest BCUT2D eigenvalue weighted by Crippen LogP contribution is 2.36. The van der Waals surface area contributed by atoms with E-state index < -0.39 is 42.2 Å². The van der Waals surface area contributed by atoms with E-state index in [1.165, 1.54) is 0 Å². The van der Waals surface area contributed by atoms with Crippen LogP contribution >= 0.6 is 15.9 Å². The van der Waals surface area contributed by atoms with E-state index in [4.69, 9.17) is 0 Å². The maximum atomic E-state index is 12.8. The van der Waals surface area contributed by atoms with Crippen molar-refractivity contribution in [3.63, 3.8) is 0 Å². The molecule has 1 rings (SSSR count). The van der Waals surface area contributed by atoms with Crippen LogP contribution in [0.1, 0.15) is 23.2 Å². The smallest absolute Gasteiger partial charge is 0.469 e. The number of pyridine rings is 1. The van der Waals surface area contributed by atoms with Crippen molar-refractivity contribution in [2.75, 3.05) is 7.11 Å². The molecule has 10 heteroatoms. The quantitative estimate of drug-likeness (QED) is 0.447. The minimum Gasteiger partial charge on any atom is -0.469 e. The third-order valence-corrected chi connectivity index (χ3v) is 2.92. The zero-order valence-electron chi connectivity index (χ0n) is 10.5. The van der Waals surface area contributed by atoms with Gasteiger partial charge in [-0.15, -0.1) is 13.2 Å². The number of methoxy groups -OCH3 is 1. The van der Waals surface area contributed by atoms with Crippen LogP contribution in [-0.2, 0) is 21.3 Å². The van der Waals surface area contributed by atoms with Gasteiger partial charge in [0, 0.05) is 22.7 Å². The van der Waals surface area contributed by atoms with Gasteiger partial charge >= 0.3 is 12.3 Å². The minimum absolute atomic E-state index is 0.293. The lowest BCUT2D eigenvalue weighted by atomic mass is 10.1. The highest BCUT2D eigenvalue weighted by Gasteiger charge is 2.35. The van der Waals surface area contributed by atoms with Crippen LogP contribution in [0.25, 0.3) is 0 Å². The first-order chi connectivity index (χ1) is 9.69. The maximum absolute atomic E-state index is 12.8. The first-order valence-corrected chi connectivity index (χ1v) is 6.49. The number of alkyl halides is 6. The van der Waals surface area contributed by atoms with Crippen molar-refractivity contribution in [1.82, 2.24) is 4.98 Å². The van der Waals surface area contributed by atoms with Gasteiger partial charge in [0.25, 0.3) is 6.43 Å². The van der Waals surface area contributed by atoms with Crippen molar-refractivity contribution in [1.29, 1.82) is 0 Å². The van der Waals surface area contributed by atoms with Gasteiger partial charge in [-0.05, 0) is 0 Å². The zero-order valence-corrected chi connectivity index (χ0v) is 12.1. The van der Waals surface area contributed by atoms with Crippen LogP contribution in [0.2, 0.25) is 0 Å². The molecule has 118 valence electrons. The van der Waals surface area contributed by atoms with Crippen molar-refractivity contribution in [3.05, 3.63) is 23.0 Å². The van der Waals surface area contributed by atoms with Gasteiger partial charge < -0.3 is 9.47 Å². The molecule has 1 heterocycles. The average Bonchev–Trinajstić information content (AvgIpc) is 2.38. The summed E-state index contributed by atoms with van der Waals surface area (Å²) in [5.74, 6) is -1.72. The lowest BCUT2D eigenvalue weighted by Gasteiger charge is -2.18. The topological polar surface area (TPSA) is 48.4 Å². The van der Waals surface area contributed by atoms with Gasteiger partial charge in [0.15, 0.2) is 0 Å². The predicted molar refractivity (Wildman–Crippen MR) is 64.2 cm³/mol. The Morgan fingerprint density at radius 2 is 2.05 bits per heavy atom. The molecule has 0 radical (unpaired) electrons. The van der Waals surface area contributed by atoms with E-state index in [2.05, 4.69) is 30.4 Å². The van der Waals surface area contributed by atoms with Crippen LogP contribution in [0, 0.1) is 0 Å². The molecular formula is C11H9BrF5NO3. The second kappa shape index (κ2) is 7.01. The molecule has 4 nitrogen and oxygen atoms in total. The van der Waals surface area contributed by atoms with Crippen molar-refractivity contribution < 1.29 is 36.2 Å². The average molecular weight is 378 g/mol. The Kier molecular flexibility index (Phi) is 5.87. The molecule has 0 spiro atoms. The molecule has 0 aromatic carbocycles. The summed E-state index contributed by atoms with van der Waals surface area (Å²) in [6.07, 6.45) is -8.02. The number of rotatable bonds is 5. The van der Waals surface area contributed by atoms with Gasteiger partial charge in [0.05, 0.1) is 13.5 Å². The van der Waals surface area contributed by atoms with Crippen LogP contribution in [0.15, 0.2) is 6.20 Å². The van der Waals surface area contributed by atoms with E-state index in [0.29, 0.717) is 0 Å². The zero-order chi connectivity index (χ0) is 16.2. The van der Waals surface area contributed by atoms with Gasteiger partial charge in [-0.1, -0.05) is 15.9 Å². The standard InChI is InChI=1S/C11H9BrF5NO3/c1-20-7(19)2-5-4-18-8(10(13)14)6(3-12)9(5)21-11(15,16)17/h4,10H,2-3H2,1H3. The van der Waals surface area contributed by atoms with Gasteiger partial charge in [-0.3, -0.25) is 9.78 Å². The van der Waals surface area contributed by atoms with E-state index in [1.807, 2.05) is 0 Å². The second-order valence-electron chi connectivity index (χ2n) is 3.71. The molecule has 0 aliphatic carbocycles. The molecule has 0 saturated carbocycles. The summed E-state index contributed by atoms with van der Waals surface area (Å²) >= 11 is 2.82. The summed E-state index contributed by atoms with van der Waals surface area (Å²) < 4.78 is 70.9. The fourth-order valence-corrected chi connectivity index (χ4v) is 2.05. The van der Waals surface area contributed by atoms with Gasteiger partial charge in [-0.25, -0.2) is 8.78 Å². The number of hydrogen-bond donors (Lipinski definition) is 0. The molecular weight excluding hydrogens is 369 g/mol. The summed E-state index contributed by atoms with van der Waals surface area (Å²) in [6.45, 7) is 0.